The molecule has 0 bridgehead atoms. The SMILES string of the molecule is O=C(NCCC1CCN(S(=O)(=O)c2ccc(Cl)c(COC3(c4cnccc4-c4ccccc4OC4CC4)CC3)c2)CC1)[C@@H](O)[C@@H](O)[C@H](O)[C@@H](O)CO. The third kappa shape index (κ3) is 8.78. The van der Waals surface area contributed by atoms with Crippen molar-refractivity contribution in [1.82, 2.24) is 14.6 Å². The molecule has 52 heavy (non-hydrogen) atoms. The third-order valence-electron chi connectivity index (χ3n) is 10.1. The Hall–Kier alpha value is -3.18. The van der Waals surface area contributed by atoms with E-state index < -0.39 is 52.6 Å². The van der Waals surface area contributed by atoms with Gasteiger partial charge in [0.1, 0.15) is 24.1 Å². The molecule has 0 unspecified atom stereocenters. The van der Waals surface area contributed by atoms with Crippen LogP contribution in [0.1, 0.15) is 56.1 Å². The van der Waals surface area contributed by atoms with E-state index in [9.17, 15) is 33.6 Å². The maximum Gasteiger partial charge on any atom is 0.251 e. The molecule has 0 radical (unpaired) electrons. The van der Waals surface area contributed by atoms with Gasteiger partial charge in [0.25, 0.3) is 5.91 Å². The molecule has 15 heteroatoms. The Balaban J connectivity index is 1.04. The highest BCUT2D eigenvalue weighted by molar-refractivity contribution is 7.89. The van der Waals surface area contributed by atoms with Crippen LogP contribution in [-0.2, 0) is 31.8 Å². The molecule has 1 saturated heterocycles. The zero-order chi connectivity index (χ0) is 37.0. The quantitative estimate of drug-likeness (QED) is 0.118. The van der Waals surface area contributed by atoms with Crippen LogP contribution in [0, 0.1) is 5.92 Å². The van der Waals surface area contributed by atoms with Gasteiger partial charge in [-0.2, -0.15) is 4.31 Å². The van der Waals surface area contributed by atoms with Crippen LogP contribution >= 0.6 is 11.6 Å². The minimum Gasteiger partial charge on any atom is -0.490 e. The average Bonchev–Trinajstić information content (AvgIpc) is 4.11. The van der Waals surface area contributed by atoms with E-state index in [0.717, 1.165) is 48.1 Å². The summed E-state index contributed by atoms with van der Waals surface area (Å²) in [5, 5.41) is 50.9. The molecule has 3 fully saturated rings. The number of amides is 1. The van der Waals surface area contributed by atoms with Crippen molar-refractivity contribution >= 4 is 27.5 Å². The molecule has 0 spiro atoms. The lowest BCUT2D eigenvalue weighted by atomic mass is 9.94. The normalized spacial score (nSPS) is 20.1. The van der Waals surface area contributed by atoms with Gasteiger partial charge in [-0.3, -0.25) is 9.78 Å². The predicted molar refractivity (Wildman–Crippen MR) is 191 cm³/mol. The standard InChI is InChI=1S/C37H46ClN3O10S/c38-30-8-7-26(52(48,49)41-17-11-23(12-18-41)9-16-40-36(47)35(46)34(45)33(44)31(43)21-42)19-24(30)22-50-37(13-14-37)29-20-39-15-10-27(29)28-3-1-2-4-32(28)51-25-5-6-25/h1-4,7-8,10,15,19-20,23,25,31,33-35,42-46H,5-6,9,11-14,16-18,21-22H2,(H,40,47)/t31-,33+,34-,35-/m0/s1. The number of aliphatic hydroxyl groups is 5. The van der Waals surface area contributed by atoms with Gasteiger partial charge in [0.05, 0.1) is 29.8 Å². The summed E-state index contributed by atoms with van der Waals surface area (Å²) in [7, 11) is -3.84. The molecular weight excluding hydrogens is 714 g/mol. The third-order valence-corrected chi connectivity index (χ3v) is 12.4. The first-order valence-corrected chi connectivity index (χ1v) is 19.5. The van der Waals surface area contributed by atoms with Crippen LogP contribution in [0.15, 0.2) is 65.8 Å². The lowest BCUT2D eigenvalue weighted by Gasteiger charge is -2.31. The summed E-state index contributed by atoms with van der Waals surface area (Å²) in [6.07, 6.45) is 1.51. The van der Waals surface area contributed by atoms with Gasteiger partial charge < -0.3 is 40.3 Å². The van der Waals surface area contributed by atoms with Gasteiger partial charge in [0.2, 0.25) is 10.0 Å². The molecule has 6 N–H and O–H groups in total. The number of aromatic nitrogens is 1. The molecule has 2 heterocycles. The summed E-state index contributed by atoms with van der Waals surface area (Å²) in [6.45, 7) is -0.0309. The van der Waals surface area contributed by atoms with Crippen LogP contribution in [0.5, 0.6) is 5.75 Å². The van der Waals surface area contributed by atoms with Gasteiger partial charge in [-0.25, -0.2) is 8.42 Å². The molecule has 3 aliphatic rings. The topological polar surface area (TPSA) is 199 Å². The largest absolute Gasteiger partial charge is 0.490 e. The number of nitrogens with zero attached hydrogens (tertiary/aromatic N) is 2. The van der Waals surface area contributed by atoms with Gasteiger partial charge in [0.15, 0.2) is 6.10 Å². The fourth-order valence-electron chi connectivity index (χ4n) is 6.56. The highest BCUT2D eigenvalue weighted by atomic mass is 35.5. The van der Waals surface area contributed by atoms with Gasteiger partial charge in [0, 0.05) is 48.2 Å². The average molecular weight is 760 g/mol. The number of benzene rings is 2. The molecular formula is C37H46ClN3O10S. The molecule has 13 nitrogen and oxygen atoms in total. The molecule has 6 rings (SSSR count). The number of nitrogens with one attached hydrogen (secondary N) is 1. The first-order chi connectivity index (χ1) is 24.9. The second-order valence-electron chi connectivity index (χ2n) is 13.9. The van der Waals surface area contributed by atoms with E-state index in [1.165, 1.54) is 10.4 Å². The van der Waals surface area contributed by atoms with Gasteiger partial charge in [-0.05, 0) is 92.3 Å². The molecule has 1 aromatic heterocycles. The highest BCUT2D eigenvalue weighted by Crippen LogP contribution is 2.53. The van der Waals surface area contributed by atoms with E-state index >= 15 is 0 Å². The van der Waals surface area contributed by atoms with Crippen molar-refractivity contribution < 1.29 is 48.2 Å². The number of sulfonamides is 1. The Morgan fingerprint density at radius 2 is 1.73 bits per heavy atom. The summed E-state index contributed by atoms with van der Waals surface area (Å²) in [6, 6.07) is 14.6. The number of halogens is 1. The van der Waals surface area contributed by atoms with Crippen LogP contribution in [0.2, 0.25) is 5.02 Å². The van der Waals surface area contributed by atoms with E-state index in [4.69, 9.17) is 26.2 Å². The maximum atomic E-state index is 13.7. The van der Waals surface area contributed by atoms with Crippen molar-refractivity contribution in [1.29, 1.82) is 0 Å². The summed E-state index contributed by atoms with van der Waals surface area (Å²) in [5.41, 5.74) is 2.90. The molecule has 2 aliphatic carbocycles. The number of hydrogen-bond acceptors (Lipinski definition) is 11. The van der Waals surface area contributed by atoms with Crippen molar-refractivity contribution in [2.45, 2.75) is 92.6 Å². The Bertz CT molecular complexity index is 1810. The highest BCUT2D eigenvalue weighted by Gasteiger charge is 2.48. The lowest BCUT2D eigenvalue weighted by molar-refractivity contribution is -0.148. The summed E-state index contributed by atoms with van der Waals surface area (Å²) >= 11 is 6.58. The van der Waals surface area contributed by atoms with E-state index in [2.05, 4.69) is 10.3 Å². The van der Waals surface area contributed by atoms with Crippen molar-refractivity contribution in [2.24, 2.45) is 5.92 Å². The van der Waals surface area contributed by atoms with Crippen LogP contribution in [-0.4, -0.2) is 106 Å². The summed E-state index contributed by atoms with van der Waals surface area (Å²) in [4.78, 5) is 16.8. The lowest BCUT2D eigenvalue weighted by Crippen LogP contribution is -2.51. The van der Waals surface area contributed by atoms with Crippen LogP contribution in [0.3, 0.4) is 0 Å². The number of rotatable bonds is 17. The number of carbonyl (C=O) groups is 1. The van der Waals surface area contributed by atoms with Crippen molar-refractivity contribution in [3.05, 3.63) is 77.1 Å². The van der Waals surface area contributed by atoms with Gasteiger partial charge in [-0.1, -0.05) is 29.8 Å². The van der Waals surface area contributed by atoms with E-state index in [1.807, 2.05) is 36.5 Å². The molecule has 1 amide bonds. The smallest absolute Gasteiger partial charge is 0.251 e. The van der Waals surface area contributed by atoms with Crippen molar-refractivity contribution in [2.75, 3.05) is 26.2 Å². The number of carbonyl (C=O) groups excluding carboxylic acids is 1. The fourth-order valence-corrected chi connectivity index (χ4v) is 8.25. The second-order valence-corrected chi connectivity index (χ2v) is 16.2. The number of ether oxygens (including phenoxy) is 2. The monoisotopic (exact) mass is 759 g/mol. The van der Waals surface area contributed by atoms with Crippen LogP contribution < -0.4 is 10.1 Å². The molecule has 282 valence electrons. The van der Waals surface area contributed by atoms with Crippen molar-refractivity contribution in [3.8, 4) is 16.9 Å². The molecule has 2 aromatic carbocycles. The maximum absolute atomic E-state index is 13.7. The number of hydrogen-bond donors (Lipinski definition) is 6. The molecule has 2 saturated carbocycles. The van der Waals surface area contributed by atoms with Crippen LogP contribution in [0.4, 0.5) is 0 Å². The van der Waals surface area contributed by atoms with E-state index in [-0.39, 0.29) is 43.2 Å². The Labute approximate surface area is 308 Å². The van der Waals surface area contributed by atoms with Crippen LogP contribution in [0.25, 0.3) is 11.1 Å². The van der Waals surface area contributed by atoms with Crippen molar-refractivity contribution in [3.63, 3.8) is 0 Å². The Morgan fingerprint density at radius 1 is 1.00 bits per heavy atom. The number of aliphatic hydroxyl groups excluding tert-OH is 5. The zero-order valence-corrected chi connectivity index (χ0v) is 30.3. The minimum atomic E-state index is -3.84. The zero-order valence-electron chi connectivity index (χ0n) is 28.7. The van der Waals surface area contributed by atoms with E-state index in [1.54, 1.807) is 18.3 Å². The van der Waals surface area contributed by atoms with E-state index in [0.29, 0.717) is 29.8 Å². The summed E-state index contributed by atoms with van der Waals surface area (Å²) in [5.74, 6) is -0.00351. The Morgan fingerprint density at radius 3 is 2.42 bits per heavy atom. The number of piperidine rings is 1. The van der Waals surface area contributed by atoms with Gasteiger partial charge >= 0.3 is 0 Å². The molecule has 4 atom stereocenters. The fraction of sp³-hybridized carbons (Fsp3) is 0.514. The first kappa shape index (κ1) is 38.5. The first-order valence-electron chi connectivity index (χ1n) is 17.7. The molecule has 1 aliphatic heterocycles. The minimum absolute atomic E-state index is 0.101. The Kier molecular flexibility index (Phi) is 12.2. The van der Waals surface area contributed by atoms with Gasteiger partial charge in [-0.15, -0.1) is 0 Å². The predicted octanol–water partition coefficient (Wildman–Crippen LogP) is 2.49. The molecule has 3 aromatic rings. The number of para-hydroxylation sites is 1. The number of pyridine rings is 1. The summed E-state index contributed by atoms with van der Waals surface area (Å²) < 4.78 is 41.7. The second kappa shape index (κ2) is 16.5.